The molecule has 0 aliphatic rings. The number of unbranched alkanes of at least 4 members (excludes halogenated alkanes) is 8. The molecule has 2 atom stereocenters. The van der Waals surface area contributed by atoms with E-state index >= 15 is 0 Å². The third-order valence-electron chi connectivity index (χ3n) is 8.29. The molecule has 0 aliphatic heterocycles. The van der Waals surface area contributed by atoms with Gasteiger partial charge in [-0.25, -0.2) is 0 Å². The summed E-state index contributed by atoms with van der Waals surface area (Å²) < 4.78 is 11.9. The Morgan fingerprint density at radius 1 is 0.476 bits per heavy atom. The van der Waals surface area contributed by atoms with Gasteiger partial charge in [-0.1, -0.05) is 114 Å². The maximum atomic E-state index is 6.24. The summed E-state index contributed by atoms with van der Waals surface area (Å²) in [5.74, 6) is 2.46. The zero-order chi connectivity index (χ0) is 29.8. The van der Waals surface area contributed by atoms with Crippen molar-refractivity contribution in [3.05, 3.63) is 95.1 Å². The van der Waals surface area contributed by atoms with Crippen molar-refractivity contribution < 1.29 is 9.47 Å². The van der Waals surface area contributed by atoms with Crippen molar-refractivity contribution in [1.29, 1.82) is 0 Å². The smallest absolute Gasteiger partial charge is 0.119 e. The Kier molecular flexibility index (Phi) is 16.2. The van der Waals surface area contributed by atoms with E-state index in [-0.39, 0.29) is 11.8 Å². The van der Waals surface area contributed by atoms with Crippen LogP contribution in [0.1, 0.15) is 112 Å². The molecule has 0 heterocycles. The first kappa shape index (κ1) is 33.7. The number of ether oxygens (including phenoxy) is 2. The molecule has 0 bridgehead atoms. The highest BCUT2D eigenvalue weighted by Crippen LogP contribution is 2.26. The largest absolute Gasteiger partial charge is 0.494 e. The molecule has 3 aromatic rings. The quantitative estimate of drug-likeness (QED) is 0.118. The third-order valence-corrected chi connectivity index (χ3v) is 8.29. The lowest BCUT2D eigenvalue weighted by Gasteiger charge is -2.19. The van der Waals surface area contributed by atoms with E-state index in [4.69, 9.17) is 20.9 Å². The molecule has 4 heteroatoms. The first-order chi connectivity index (χ1) is 20.7. The van der Waals surface area contributed by atoms with Crippen LogP contribution in [0.2, 0.25) is 0 Å². The summed E-state index contributed by atoms with van der Waals surface area (Å²) in [6.07, 6.45) is 14.4. The summed E-state index contributed by atoms with van der Waals surface area (Å²) in [6.45, 7) is 7.31. The SMILES string of the molecule is CCCCCCCOc1ccc(CC(CN)c2ccc(C(CN)Cc3ccc(OCCCCCCC)cc3)cc2)cc1. The van der Waals surface area contributed by atoms with E-state index in [1.807, 2.05) is 0 Å². The van der Waals surface area contributed by atoms with Gasteiger partial charge in [0.1, 0.15) is 11.5 Å². The van der Waals surface area contributed by atoms with Gasteiger partial charge in [-0.3, -0.25) is 0 Å². The number of hydrogen-bond donors (Lipinski definition) is 2. The highest BCUT2D eigenvalue weighted by Gasteiger charge is 2.15. The van der Waals surface area contributed by atoms with Gasteiger partial charge in [0, 0.05) is 11.8 Å². The number of nitrogens with two attached hydrogens (primary N) is 2. The molecule has 3 rings (SSSR count). The Hall–Kier alpha value is -2.82. The molecular formula is C38H56N2O2. The van der Waals surface area contributed by atoms with Crippen LogP contribution in [0.25, 0.3) is 0 Å². The predicted molar refractivity (Wildman–Crippen MR) is 179 cm³/mol. The monoisotopic (exact) mass is 572 g/mol. The molecule has 0 saturated heterocycles. The van der Waals surface area contributed by atoms with Crippen molar-refractivity contribution in [3.63, 3.8) is 0 Å². The van der Waals surface area contributed by atoms with Crippen LogP contribution < -0.4 is 20.9 Å². The normalized spacial score (nSPS) is 12.7. The fraction of sp³-hybridized carbons (Fsp3) is 0.526. The molecule has 0 spiro atoms. The zero-order valence-electron chi connectivity index (χ0n) is 26.4. The maximum Gasteiger partial charge on any atom is 0.119 e. The van der Waals surface area contributed by atoms with E-state index in [9.17, 15) is 0 Å². The number of hydrogen-bond acceptors (Lipinski definition) is 4. The molecule has 0 aromatic heterocycles. The van der Waals surface area contributed by atoms with Gasteiger partial charge in [0.2, 0.25) is 0 Å². The fourth-order valence-electron chi connectivity index (χ4n) is 5.52. The van der Waals surface area contributed by atoms with E-state index in [2.05, 4.69) is 86.6 Å². The second-order valence-corrected chi connectivity index (χ2v) is 11.8. The van der Waals surface area contributed by atoms with Crippen LogP contribution in [0.5, 0.6) is 11.5 Å². The van der Waals surface area contributed by atoms with Crippen LogP contribution >= 0.6 is 0 Å². The molecule has 2 unspecified atom stereocenters. The second kappa shape index (κ2) is 20.1. The molecular weight excluding hydrogens is 516 g/mol. The summed E-state index contributed by atoms with van der Waals surface area (Å²) >= 11 is 0. The molecule has 0 fully saturated rings. The Labute approximate surface area is 256 Å². The van der Waals surface area contributed by atoms with Crippen LogP contribution in [0.3, 0.4) is 0 Å². The highest BCUT2D eigenvalue weighted by molar-refractivity contribution is 5.34. The van der Waals surface area contributed by atoms with Gasteiger partial charge in [-0.15, -0.1) is 0 Å². The topological polar surface area (TPSA) is 70.5 Å². The lowest BCUT2D eigenvalue weighted by atomic mass is 9.88. The summed E-state index contributed by atoms with van der Waals surface area (Å²) in [4.78, 5) is 0. The van der Waals surface area contributed by atoms with Gasteiger partial charge in [0.25, 0.3) is 0 Å². The van der Waals surface area contributed by atoms with Crippen molar-refractivity contribution in [1.82, 2.24) is 0 Å². The maximum absolute atomic E-state index is 6.24. The highest BCUT2D eigenvalue weighted by atomic mass is 16.5. The molecule has 0 amide bonds. The van der Waals surface area contributed by atoms with Gasteiger partial charge < -0.3 is 20.9 Å². The average molecular weight is 573 g/mol. The molecule has 0 saturated carbocycles. The average Bonchev–Trinajstić information content (AvgIpc) is 3.03. The minimum Gasteiger partial charge on any atom is -0.494 e. The molecule has 230 valence electrons. The van der Waals surface area contributed by atoms with E-state index in [1.54, 1.807) is 0 Å². The minimum absolute atomic E-state index is 0.278. The van der Waals surface area contributed by atoms with Crippen LogP contribution in [0, 0.1) is 0 Å². The lowest BCUT2D eigenvalue weighted by molar-refractivity contribution is 0.304. The van der Waals surface area contributed by atoms with E-state index in [0.29, 0.717) is 13.1 Å². The summed E-state index contributed by atoms with van der Waals surface area (Å²) in [5, 5.41) is 0. The van der Waals surface area contributed by atoms with Gasteiger partial charge >= 0.3 is 0 Å². The minimum atomic E-state index is 0.278. The Balaban J connectivity index is 1.47. The van der Waals surface area contributed by atoms with E-state index in [0.717, 1.165) is 50.4 Å². The van der Waals surface area contributed by atoms with Crippen LogP contribution in [-0.2, 0) is 12.8 Å². The zero-order valence-corrected chi connectivity index (χ0v) is 26.4. The standard InChI is InChI=1S/C38H56N2O2/c1-3-5-7-9-11-25-41-37-21-13-31(14-22-37)27-35(29-39)33-17-19-34(20-18-33)36(30-40)28-32-15-23-38(24-16-32)42-26-12-10-8-6-4-2/h13-24,35-36H,3-12,25-30,39-40H2,1-2H3. The van der Waals surface area contributed by atoms with Crippen molar-refractivity contribution in [2.45, 2.75) is 103 Å². The number of rotatable bonds is 22. The van der Waals surface area contributed by atoms with Crippen LogP contribution in [0.15, 0.2) is 72.8 Å². The van der Waals surface area contributed by atoms with Crippen LogP contribution in [-0.4, -0.2) is 26.3 Å². The van der Waals surface area contributed by atoms with E-state index < -0.39 is 0 Å². The fourth-order valence-corrected chi connectivity index (χ4v) is 5.52. The lowest BCUT2D eigenvalue weighted by Crippen LogP contribution is -2.17. The molecule has 4 nitrogen and oxygen atoms in total. The first-order valence-electron chi connectivity index (χ1n) is 16.6. The Morgan fingerprint density at radius 2 is 0.833 bits per heavy atom. The summed E-state index contributed by atoms with van der Waals surface area (Å²) in [7, 11) is 0. The van der Waals surface area contributed by atoms with Crippen molar-refractivity contribution in [2.24, 2.45) is 11.5 Å². The predicted octanol–water partition coefficient (Wildman–Crippen LogP) is 8.96. The van der Waals surface area contributed by atoms with Gasteiger partial charge in [-0.05, 0) is 85.3 Å². The first-order valence-corrected chi connectivity index (χ1v) is 16.6. The number of benzene rings is 3. The molecule has 3 aromatic carbocycles. The Morgan fingerprint density at radius 3 is 1.17 bits per heavy atom. The van der Waals surface area contributed by atoms with Crippen molar-refractivity contribution in [3.8, 4) is 11.5 Å². The van der Waals surface area contributed by atoms with Crippen LogP contribution in [0.4, 0.5) is 0 Å². The van der Waals surface area contributed by atoms with Crippen molar-refractivity contribution >= 4 is 0 Å². The second-order valence-electron chi connectivity index (χ2n) is 11.8. The van der Waals surface area contributed by atoms with Gasteiger partial charge in [0.05, 0.1) is 13.2 Å². The summed E-state index contributed by atoms with van der Waals surface area (Å²) in [5.41, 5.74) is 17.6. The van der Waals surface area contributed by atoms with Crippen molar-refractivity contribution in [2.75, 3.05) is 26.3 Å². The molecule has 0 aliphatic carbocycles. The molecule has 0 radical (unpaired) electrons. The Bertz CT molecular complexity index is 991. The van der Waals surface area contributed by atoms with Gasteiger partial charge in [0.15, 0.2) is 0 Å². The van der Waals surface area contributed by atoms with Gasteiger partial charge in [-0.2, -0.15) is 0 Å². The summed E-state index contributed by atoms with van der Waals surface area (Å²) in [6, 6.07) is 26.0. The molecule has 42 heavy (non-hydrogen) atoms. The molecule has 4 N–H and O–H groups in total. The van der Waals surface area contributed by atoms with E-state index in [1.165, 1.54) is 73.6 Å². The third kappa shape index (κ3) is 12.2.